The maximum Gasteiger partial charge on any atom is 0.192 e. The van der Waals surface area contributed by atoms with E-state index >= 15 is 0 Å². The highest BCUT2D eigenvalue weighted by molar-refractivity contribution is 9.10. The molecule has 1 unspecified atom stereocenters. The zero-order valence-electron chi connectivity index (χ0n) is 15.7. The van der Waals surface area contributed by atoms with Crippen molar-refractivity contribution in [3.63, 3.8) is 0 Å². The minimum absolute atomic E-state index is 0.138. The molecule has 1 saturated carbocycles. The van der Waals surface area contributed by atoms with Crippen LogP contribution in [0.15, 0.2) is 33.7 Å². The predicted octanol–water partition coefficient (Wildman–Crippen LogP) is 3.63. The number of nitrogens with zero attached hydrogens (tertiary/aromatic N) is 4. The Hall–Kier alpha value is -1.89. The van der Waals surface area contributed by atoms with Crippen LogP contribution in [-0.4, -0.2) is 26.8 Å². The fraction of sp³-hybridized carbons (Fsp3) is 0.526. The van der Waals surface area contributed by atoms with Gasteiger partial charge >= 0.3 is 0 Å². The molecule has 0 amide bonds. The van der Waals surface area contributed by atoms with Crippen LogP contribution in [0.5, 0.6) is 0 Å². The number of hydrogen-bond acceptors (Lipinski definition) is 3. The first-order valence-corrected chi connectivity index (χ1v) is 10.0. The van der Waals surface area contributed by atoms with Gasteiger partial charge in [0.05, 0.1) is 6.04 Å². The third kappa shape index (κ3) is 4.63. The molecule has 6 nitrogen and oxygen atoms in total. The van der Waals surface area contributed by atoms with Gasteiger partial charge in [-0.3, -0.25) is 0 Å². The summed E-state index contributed by atoms with van der Waals surface area (Å²) in [6.07, 6.45) is 4.97. The second kappa shape index (κ2) is 8.66. The standard InChI is InChI=1S/C19H27BrN6/c1-13(16-10-6-7-11-17(16)20)22-19(23-15-8-4-5-9-15)21-12-18-25-24-14(2)26(18)3/h6-7,10-11,13,15H,4-5,8-9,12H2,1-3H3,(H2,21,22,23). The van der Waals surface area contributed by atoms with Gasteiger partial charge in [0, 0.05) is 17.6 Å². The first-order chi connectivity index (χ1) is 12.5. The fourth-order valence-electron chi connectivity index (χ4n) is 3.24. The van der Waals surface area contributed by atoms with Gasteiger partial charge in [0.25, 0.3) is 0 Å². The summed E-state index contributed by atoms with van der Waals surface area (Å²) in [6.45, 7) is 4.60. The Bertz CT molecular complexity index is 763. The molecule has 0 aliphatic heterocycles. The molecule has 1 fully saturated rings. The van der Waals surface area contributed by atoms with E-state index in [4.69, 9.17) is 4.99 Å². The first kappa shape index (κ1) is 18.9. The molecule has 0 radical (unpaired) electrons. The van der Waals surface area contributed by atoms with Crippen molar-refractivity contribution in [2.24, 2.45) is 12.0 Å². The predicted molar refractivity (Wildman–Crippen MR) is 108 cm³/mol. The molecule has 140 valence electrons. The Morgan fingerprint density at radius 2 is 2.04 bits per heavy atom. The van der Waals surface area contributed by atoms with Gasteiger partial charge in [-0.15, -0.1) is 10.2 Å². The fourth-order valence-corrected chi connectivity index (χ4v) is 3.87. The minimum Gasteiger partial charge on any atom is -0.354 e. The molecule has 0 bridgehead atoms. The molecule has 1 aromatic heterocycles. The van der Waals surface area contributed by atoms with Gasteiger partial charge in [-0.2, -0.15) is 0 Å². The summed E-state index contributed by atoms with van der Waals surface area (Å²) in [6, 6.07) is 8.91. The van der Waals surface area contributed by atoms with E-state index in [1.165, 1.54) is 31.2 Å². The van der Waals surface area contributed by atoms with E-state index in [1.54, 1.807) is 0 Å². The smallest absolute Gasteiger partial charge is 0.192 e. The topological polar surface area (TPSA) is 67.1 Å². The molecule has 2 N–H and O–H groups in total. The number of aliphatic imine (C=N–C) groups is 1. The highest BCUT2D eigenvalue weighted by Crippen LogP contribution is 2.23. The van der Waals surface area contributed by atoms with Crippen LogP contribution in [-0.2, 0) is 13.6 Å². The van der Waals surface area contributed by atoms with Crippen molar-refractivity contribution in [2.75, 3.05) is 0 Å². The number of hydrogen-bond donors (Lipinski definition) is 2. The SMILES string of the molecule is Cc1nnc(CN=C(NC2CCCC2)NC(C)c2ccccc2Br)n1C. The molecule has 3 rings (SSSR count). The summed E-state index contributed by atoms with van der Waals surface area (Å²) in [7, 11) is 1.97. The largest absolute Gasteiger partial charge is 0.354 e. The van der Waals surface area contributed by atoms with Gasteiger partial charge in [-0.05, 0) is 38.3 Å². The quantitative estimate of drug-likeness (QED) is 0.574. The summed E-state index contributed by atoms with van der Waals surface area (Å²) < 4.78 is 3.08. The van der Waals surface area contributed by atoms with Gasteiger partial charge < -0.3 is 15.2 Å². The minimum atomic E-state index is 0.138. The van der Waals surface area contributed by atoms with E-state index in [0.29, 0.717) is 12.6 Å². The summed E-state index contributed by atoms with van der Waals surface area (Å²) in [5.41, 5.74) is 1.21. The number of nitrogens with one attached hydrogen (secondary N) is 2. The van der Waals surface area contributed by atoms with E-state index in [2.05, 4.69) is 61.9 Å². The number of aromatic nitrogens is 3. The van der Waals surface area contributed by atoms with Crippen LogP contribution in [0.25, 0.3) is 0 Å². The monoisotopic (exact) mass is 418 g/mol. The number of rotatable bonds is 5. The number of benzene rings is 1. The lowest BCUT2D eigenvalue weighted by Gasteiger charge is -2.22. The van der Waals surface area contributed by atoms with E-state index in [0.717, 1.165) is 22.1 Å². The zero-order chi connectivity index (χ0) is 18.5. The van der Waals surface area contributed by atoms with Crippen molar-refractivity contribution in [3.8, 4) is 0 Å². The molecular weight excluding hydrogens is 392 g/mol. The average Bonchev–Trinajstić information content (AvgIpc) is 3.24. The van der Waals surface area contributed by atoms with Crippen molar-refractivity contribution in [1.82, 2.24) is 25.4 Å². The number of halogens is 1. The second-order valence-electron chi connectivity index (χ2n) is 6.90. The molecule has 1 aliphatic carbocycles. The molecule has 26 heavy (non-hydrogen) atoms. The Labute approximate surface area is 163 Å². The highest BCUT2D eigenvalue weighted by Gasteiger charge is 2.18. The van der Waals surface area contributed by atoms with Crippen LogP contribution >= 0.6 is 15.9 Å². The van der Waals surface area contributed by atoms with Crippen LogP contribution in [0.1, 0.15) is 55.9 Å². The third-order valence-corrected chi connectivity index (χ3v) is 5.70. The number of guanidine groups is 1. The maximum absolute atomic E-state index is 4.78. The summed E-state index contributed by atoms with van der Waals surface area (Å²) in [5, 5.41) is 15.5. The molecule has 1 aliphatic rings. The van der Waals surface area contributed by atoms with E-state index in [9.17, 15) is 0 Å². The maximum atomic E-state index is 4.78. The Morgan fingerprint density at radius 1 is 1.31 bits per heavy atom. The van der Waals surface area contributed by atoms with E-state index in [-0.39, 0.29) is 6.04 Å². The van der Waals surface area contributed by atoms with Crippen molar-refractivity contribution in [3.05, 3.63) is 46.0 Å². The van der Waals surface area contributed by atoms with Crippen molar-refractivity contribution >= 4 is 21.9 Å². The lowest BCUT2D eigenvalue weighted by atomic mass is 10.1. The molecule has 1 atom stereocenters. The lowest BCUT2D eigenvalue weighted by molar-refractivity contribution is 0.592. The molecule has 2 aromatic rings. The van der Waals surface area contributed by atoms with Crippen LogP contribution < -0.4 is 10.6 Å². The lowest BCUT2D eigenvalue weighted by Crippen LogP contribution is -2.43. The Kier molecular flexibility index (Phi) is 6.29. The molecule has 7 heteroatoms. The molecular formula is C19H27BrN6. The molecule has 1 heterocycles. The van der Waals surface area contributed by atoms with Gasteiger partial charge in [0.1, 0.15) is 12.4 Å². The normalized spacial score (nSPS) is 16.7. The van der Waals surface area contributed by atoms with Crippen molar-refractivity contribution in [1.29, 1.82) is 0 Å². The van der Waals surface area contributed by atoms with Crippen molar-refractivity contribution < 1.29 is 0 Å². The van der Waals surface area contributed by atoms with Crippen LogP contribution in [0.2, 0.25) is 0 Å². The summed E-state index contributed by atoms with van der Waals surface area (Å²) in [5.74, 6) is 2.60. The zero-order valence-corrected chi connectivity index (χ0v) is 17.3. The van der Waals surface area contributed by atoms with Crippen LogP contribution in [0, 0.1) is 6.92 Å². The van der Waals surface area contributed by atoms with Gasteiger partial charge in [-0.1, -0.05) is 47.0 Å². The Balaban J connectivity index is 1.74. The summed E-state index contributed by atoms with van der Waals surface area (Å²) in [4.78, 5) is 4.78. The average molecular weight is 419 g/mol. The highest BCUT2D eigenvalue weighted by atomic mass is 79.9. The molecule has 1 aromatic carbocycles. The van der Waals surface area contributed by atoms with E-state index < -0.39 is 0 Å². The van der Waals surface area contributed by atoms with E-state index in [1.807, 2.05) is 24.6 Å². The second-order valence-corrected chi connectivity index (χ2v) is 7.75. The molecule has 0 saturated heterocycles. The van der Waals surface area contributed by atoms with Crippen LogP contribution in [0.4, 0.5) is 0 Å². The number of aryl methyl sites for hydroxylation is 1. The van der Waals surface area contributed by atoms with Crippen LogP contribution in [0.3, 0.4) is 0 Å². The Morgan fingerprint density at radius 3 is 2.69 bits per heavy atom. The van der Waals surface area contributed by atoms with Gasteiger partial charge in [-0.25, -0.2) is 4.99 Å². The first-order valence-electron chi connectivity index (χ1n) is 9.21. The van der Waals surface area contributed by atoms with Gasteiger partial charge in [0.2, 0.25) is 0 Å². The van der Waals surface area contributed by atoms with Crippen molar-refractivity contribution in [2.45, 2.75) is 58.2 Å². The van der Waals surface area contributed by atoms with Gasteiger partial charge in [0.15, 0.2) is 11.8 Å². The third-order valence-electron chi connectivity index (χ3n) is 4.98. The molecule has 0 spiro atoms. The summed E-state index contributed by atoms with van der Waals surface area (Å²) >= 11 is 3.64.